The van der Waals surface area contributed by atoms with E-state index in [-0.39, 0.29) is 22.3 Å². The third kappa shape index (κ3) is 3.97. The second-order valence-corrected chi connectivity index (χ2v) is 6.47. The number of hydrogen-bond donors (Lipinski definition) is 1. The maximum absolute atomic E-state index is 13.5. The lowest BCUT2D eigenvalue weighted by atomic mass is 10.0. The van der Waals surface area contributed by atoms with Crippen molar-refractivity contribution in [2.24, 2.45) is 5.73 Å². The highest BCUT2D eigenvalue weighted by molar-refractivity contribution is 9.10. The van der Waals surface area contributed by atoms with Gasteiger partial charge < -0.3 is 14.9 Å². The fourth-order valence-electron chi connectivity index (χ4n) is 2.50. The summed E-state index contributed by atoms with van der Waals surface area (Å²) in [5.41, 5.74) is 3.33. The van der Waals surface area contributed by atoms with Gasteiger partial charge in [-0.15, -0.1) is 0 Å². The molecule has 0 bridgehead atoms. The quantitative estimate of drug-likeness (QED) is 0.660. The van der Waals surface area contributed by atoms with Crippen molar-refractivity contribution in [3.8, 4) is 16.9 Å². The number of primary amides is 1. The molecule has 27 heavy (non-hydrogen) atoms. The molecule has 9 heteroatoms. The minimum absolute atomic E-state index is 0.0488. The Balaban J connectivity index is 2.24. The zero-order valence-corrected chi connectivity index (χ0v) is 15.1. The molecule has 0 aliphatic heterocycles. The van der Waals surface area contributed by atoms with Gasteiger partial charge >= 0.3 is 6.18 Å². The number of ether oxygens (including phenoxy) is 1. The molecule has 1 heterocycles. The van der Waals surface area contributed by atoms with Crippen LogP contribution in [-0.2, 0) is 11.0 Å². The molecule has 0 unspecified atom stereocenters. The second kappa shape index (κ2) is 7.07. The van der Waals surface area contributed by atoms with Crippen LogP contribution in [0.25, 0.3) is 22.1 Å². The van der Waals surface area contributed by atoms with E-state index in [0.717, 1.165) is 6.07 Å². The smallest absolute Gasteiger partial charge is 0.450 e. The van der Waals surface area contributed by atoms with Crippen molar-refractivity contribution in [2.45, 2.75) is 6.18 Å². The molecule has 0 saturated heterocycles. The van der Waals surface area contributed by atoms with E-state index in [4.69, 9.17) is 14.9 Å². The molecule has 0 atom stereocenters. The first kappa shape index (κ1) is 19.0. The Bertz CT molecular complexity index is 1070. The zero-order chi connectivity index (χ0) is 19.8. The summed E-state index contributed by atoms with van der Waals surface area (Å²) in [7, 11) is 0. The van der Waals surface area contributed by atoms with Gasteiger partial charge in [-0.1, -0.05) is 28.1 Å². The van der Waals surface area contributed by atoms with Gasteiger partial charge in [0.15, 0.2) is 6.61 Å². The van der Waals surface area contributed by atoms with Crippen molar-refractivity contribution in [2.75, 3.05) is 6.61 Å². The predicted octanol–water partition coefficient (Wildman–Crippen LogP) is 4.11. The molecule has 2 aromatic carbocycles. The monoisotopic (exact) mass is 441 g/mol. The Morgan fingerprint density at radius 1 is 1.15 bits per heavy atom. The topological polar surface area (TPSA) is 82.5 Å². The van der Waals surface area contributed by atoms with Crippen molar-refractivity contribution in [3.05, 3.63) is 62.9 Å². The van der Waals surface area contributed by atoms with Gasteiger partial charge in [0.05, 0.1) is 10.9 Å². The van der Waals surface area contributed by atoms with Crippen LogP contribution in [0.15, 0.2) is 56.1 Å². The maximum Gasteiger partial charge on any atom is 0.450 e. The Morgan fingerprint density at radius 2 is 1.81 bits per heavy atom. The van der Waals surface area contributed by atoms with Crippen LogP contribution in [0.1, 0.15) is 5.76 Å². The van der Waals surface area contributed by atoms with Crippen LogP contribution < -0.4 is 15.9 Å². The standard InChI is InChI=1S/C18H11BrF3NO4/c19-10-3-1-9(2-4-10)15-16(25)12-6-5-11(26-8-14(23)24)7-13(12)27-17(15)18(20,21)22/h1-7H,8H2,(H2,23,24). The summed E-state index contributed by atoms with van der Waals surface area (Å²) in [6, 6.07) is 9.57. The molecule has 0 spiro atoms. The number of rotatable bonds is 4. The van der Waals surface area contributed by atoms with Crippen molar-refractivity contribution in [1.29, 1.82) is 0 Å². The minimum atomic E-state index is -4.89. The minimum Gasteiger partial charge on any atom is -0.484 e. The average molecular weight is 442 g/mol. The van der Waals surface area contributed by atoms with Gasteiger partial charge in [0.25, 0.3) is 5.91 Å². The van der Waals surface area contributed by atoms with Crippen molar-refractivity contribution in [3.63, 3.8) is 0 Å². The lowest BCUT2D eigenvalue weighted by Gasteiger charge is -2.13. The molecule has 0 aliphatic rings. The Morgan fingerprint density at radius 3 is 2.41 bits per heavy atom. The normalized spacial score (nSPS) is 11.6. The van der Waals surface area contributed by atoms with E-state index < -0.39 is 35.4 Å². The summed E-state index contributed by atoms with van der Waals surface area (Å²) < 4.78 is 51.4. The number of amides is 1. The van der Waals surface area contributed by atoms with Crippen LogP contribution in [-0.4, -0.2) is 12.5 Å². The van der Waals surface area contributed by atoms with Gasteiger partial charge in [0, 0.05) is 10.5 Å². The van der Waals surface area contributed by atoms with E-state index in [0.29, 0.717) is 4.47 Å². The zero-order valence-electron chi connectivity index (χ0n) is 13.5. The first-order chi connectivity index (χ1) is 12.7. The van der Waals surface area contributed by atoms with E-state index in [9.17, 15) is 22.8 Å². The van der Waals surface area contributed by atoms with Crippen LogP contribution in [0.4, 0.5) is 13.2 Å². The maximum atomic E-state index is 13.5. The van der Waals surface area contributed by atoms with Crippen LogP contribution >= 0.6 is 15.9 Å². The Kier molecular flexibility index (Phi) is 4.97. The number of nitrogens with two attached hydrogens (primary N) is 1. The number of fused-ring (bicyclic) bond motifs is 1. The van der Waals surface area contributed by atoms with Crippen LogP contribution in [0.5, 0.6) is 5.75 Å². The van der Waals surface area contributed by atoms with Crippen LogP contribution in [0.3, 0.4) is 0 Å². The van der Waals surface area contributed by atoms with Gasteiger partial charge in [0.2, 0.25) is 11.2 Å². The van der Waals surface area contributed by atoms with E-state index >= 15 is 0 Å². The molecule has 3 aromatic rings. The third-order valence-corrected chi connectivity index (χ3v) is 4.16. The van der Waals surface area contributed by atoms with Gasteiger partial charge in [-0.2, -0.15) is 13.2 Å². The summed E-state index contributed by atoms with van der Waals surface area (Å²) in [6.07, 6.45) is -4.89. The van der Waals surface area contributed by atoms with Crippen molar-refractivity contribution in [1.82, 2.24) is 0 Å². The fraction of sp³-hybridized carbons (Fsp3) is 0.111. The largest absolute Gasteiger partial charge is 0.484 e. The number of halogens is 4. The number of benzene rings is 2. The summed E-state index contributed by atoms with van der Waals surface area (Å²) in [5, 5.41) is -0.0488. The summed E-state index contributed by atoms with van der Waals surface area (Å²) in [6.45, 7) is -0.459. The molecule has 3 rings (SSSR count). The molecule has 140 valence electrons. The molecule has 2 N–H and O–H groups in total. The fourth-order valence-corrected chi connectivity index (χ4v) is 2.76. The molecule has 1 amide bonds. The SMILES string of the molecule is NC(=O)COc1ccc2c(=O)c(-c3ccc(Br)cc3)c(C(F)(F)F)oc2c1. The third-order valence-electron chi connectivity index (χ3n) is 3.64. The van der Waals surface area contributed by atoms with Crippen LogP contribution in [0, 0.1) is 0 Å². The molecule has 0 aliphatic carbocycles. The van der Waals surface area contributed by atoms with Crippen LogP contribution in [0.2, 0.25) is 0 Å². The van der Waals surface area contributed by atoms with Gasteiger partial charge in [-0.05, 0) is 29.8 Å². The summed E-state index contributed by atoms with van der Waals surface area (Å²) in [4.78, 5) is 23.5. The molecule has 0 fully saturated rings. The van der Waals surface area contributed by atoms with E-state index in [1.807, 2.05) is 0 Å². The Hall–Kier alpha value is -2.81. The molecule has 0 saturated carbocycles. The van der Waals surface area contributed by atoms with Gasteiger partial charge in [-0.25, -0.2) is 0 Å². The summed E-state index contributed by atoms with van der Waals surface area (Å²) >= 11 is 3.20. The molecule has 1 aromatic heterocycles. The van der Waals surface area contributed by atoms with E-state index in [1.54, 1.807) is 0 Å². The second-order valence-electron chi connectivity index (χ2n) is 5.55. The summed E-state index contributed by atoms with van der Waals surface area (Å²) in [5.74, 6) is -2.11. The van der Waals surface area contributed by atoms with Crippen molar-refractivity contribution >= 4 is 32.8 Å². The Labute approximate surface area is 158 Å². The van der Waals surface area contributed by atoms with E-state index in [1.165, 1.54) is 36.4 Å². The molecular weight excluding hydrogens is 431 g/mol. The predicted molar refractivity (Wildman–Crippen MR) is 95.3 cm³/mol. The number of carbonyl (C=O) groups excluding carboxylic acids is 1. The van der Waals surface area contributed by atoms with E-state index in [2.05, 4.69) is 15.9 Å². The molecular formula is C18H11BrF3NO4. The highest BCUT2D eigenvalue weighted by Gasteiger charge is 2.39. The molecule has 0 radical (unpaired) electrons. The molecule has 5 nitrogen and oxygen atoms in total. The highest BCUT2D eigenvalue weighted by Crippen LogP contribution is 2.38. The highest BCUT2D eigenvalue weighted by atomic mass is 79.9. The number of hydrogen-bond acceptors (Lipinski definition) is 4. The number of alkyl halides is 3. The van der Waals surface area contributed by atoms with Gasteiger partial charge in [0.1, 0.15) is 11.3 Å². The van der Waals surface area contributed by atoms with Crippen molar-refractivity contribution < 1.29 is 27.1 Å². The average Bonchev–Trinajstić information content (AvgIpc) is 2.60. The lowest BCUT2D eigenvalue weighted by molar-refractivity contribution is -0.152. The number of carbonyl (C=O) groups is 1. The first-order valence-electron chi connectivity index (χ1n) is 7.52. The van der Waals surface area contributed by atoms with Gasteiger partial charge in [-0.3, -0.25) is 9.59 Å². The lowest BCUT2D eigenvalue weighted by Crippen LogP contribution is -2.20. The first-order valence-corrected chi connectivity index (χ1v) is 8.31.